The molecule has 0 atom stereocenters. The maximum absolute atomic E-state index is 12.5. The van der Waals surface area contributed by atoms with Gasteiger partial charge in [-0.1, -0.05) is 24.3 Å². The van der Waals surface area contributed by atoms with Gasteiger partial charge in [-0.15, -0.1) is 0 Å². The molecule has 0 saturated heterocycles. The monoisotopic (exact) mass is 522 g/mol. The number of anilines is 2. The van der Waals surface area contributed by atoms with Crippen molar-refractivity contribution in [1.29, 1.82) is 0 Å². The van der Waals surface area contributed by atoms with E-state index < -0.39 is 11.9 Å². The molecule has 2 N–H and O–H groups in total. The van der Waals surface area contributed by atoms with Gasteiger partial charge in [-0.3, -0.25) is 19.2 Å². The first-order chi connectivity index (χ1) is 18.7. The highest BCUT2D eigenvalue weighted by Crippen LogP contribution is 2.19. The summed E-state index contributed by atoms with van der Waals surface area (Å²) in [5.41, 5.74) is 4.33. The molecule has 8 nitrogen and oxygen atoms in total. The van der Waals surface area contributed by atoms with E-state index in [0.29, 0.717) is 40.4 Å². The van der Waals surface area contributed by atoms with E-state index in [1.807, 2.05) is 48.5 Å². The Hall–Kier alpha value is -5.24. The first-order valence-corrected chi connectivity index (χ1v) is 12.1. The van der Waals surface area contributed by atoms with Crippen LogP contribution in [-0.4, -0.2) is 23.8 Å². The maximum atomic E-state index is 12.5. The predicted molar refractivity (Wildman–Crippen MR) is 147 cm³/mol. The van der Waals surface area contributed by atoms with Gasteiger partial charge in [0.2, 0.25) is 0 Å². The van der Waals surface area contributed by atoms with Crippen LogP contribution in [0.25, 0.3) is 0 Å². The molecule has 0 aliphatic carbocycles. The van der Waals surface area contributed by atoms with E-state index in [2.05, 4.69) is 10.6 Å². The van der Waals surface area contributed by atoms with Crippen LogP contribution in [0.1, 0.15) is 45.7 Å². The molecule has 2 amide bonds. The van der Waals surface area contributed by atoms with Crippen LogP contribution in [0.2, 0.25) is 0 Å². The van der Waals surface area contributed by atoms with Crippen molar-refractivity contribution in [2.45, 2.75) is 20.3 Å². The van der Waals surface area contributed by atoms with Gasteiger partial charge in [-0.25, -0.2) is 0 Å². The lowest BCUT2D eigenvalue weighted by atomic mass is 10.0. The van der Waals surface area contributed by atoms with Crippen LogP contribution < -0.4 is 20.1 Å². The van der Waals surface area contributed by atoms with Gasteiger partial charge in [0, 0.05) is 36.3 Å². The summed E-state index contributed by atoms with van der Waals surface area (Å²) >= 11 is 0. The Morgan fingerprint density at radius 3 is 1.15 bits per heavy atom. The van der Waals surface area contributed by atoms with Crippen molar-refractivity contribution in [2.75, 3.05) is 10.6 Å². The lowest BCUT2D eigenvalue weighted by Crippen LogP contribution is -2.12. The van der Waals surface area contributed by atoms with Gasteiger partial charge < -0.3 is 20.1 Å². The normalized spacial score (nSPS) is 10.3. The number of carbonyl (C=O) groups excluding carboxylic acids is 4. The largest absolute Gasteiger partial charge is 0.427 e. The zero-order valence-electron chi connectivity index (χ0n) is 21.4. The van der Waals surface area contributed by atoms with Crippen molar-refractivity contribution in [2.24, 2.45) is 0 Å². The Kier molecular flexibility index (Phi) is 8.48. The third kappa shape index (κ3) is 7.87. The molecule has 4 aromatic carbocycles. The molecule has 0 aliphatic heterocycles. The van der Waals surface area contributed by atoms with Crippen LogP contribution in [0.15, 0.2) is 97.1 Å². The maximum Gasteiger partial charge on any atom is 0.308 e. The van der Waals surface area contributed by atoms with Crippen LogP contribution in [0.5, 0.6) is 11.5 Å². The summed E-state index contributed by atoms with van der Waals surface area (Å²) in [5.74, 6) is -0.616. The zero-order chi connectivity index (χ0) is 27.8. The van der Waals surface area contributed by atoms with Gasteiger partial charge in [-0.05, 0) is 90.3 Å². The van der Waals surface area contributed by atoms with Crippen LogP contribution in [0.4, 0.5) is 11.4 Å². The summed E-state index contributed by atoms with van der Waals surface area (Å²) in [6, 6.07) is 27.7. The Bertz CT molecular complexity index is 1360. The number of nitrogens with one attached hydrogen (secondary N) is 2. The van der Waals surface area contributed by atoms with Gasteiger partial charge in [-0.2, -0.15) is 0 Å². The van der Waals surface area contributed by atoms with Crippen molar-refractivity contribution in [3.8, 4) is 11.5 Å². The summed E-state index contributed by atoms with van der Waals surface area (Å²) in [6.45, 7) is 2.63. The third-order valence-electron chi connectivity index (χ3n) is 5.59. The quantitative estimate of drug-likeness (QED) is 0.229. The average Bonchev–Trinajstić information content (AvgIpc) is 2.91. The molecule has 0 bridgehead atoms. The Morgan fingerprint density at radius 2 is 0.846 bits per heavy atom. The van der Waals surface area contributed by atoms with Crippen molar-refractivity contribution in [3.63, 3.8) is 0 Å². The fourth-order valence-corrected chi connectivity index (χ4v) is 3.73. The molecule has 4 rings (SSSR count). The number of benzene rings is 4. The third-order valence-corrected chi connectivity index (χ3v) is 5.59. The fourth-order valence-electron chi connectivity index (χ4n) is 3.73. The molecule has 0 radical (unpaired) electrons. The van der Waals surface area contributed by atoms with Gasteiger partial charge in [0.1, 0.15) is 11.5 Å². The summed E-state index contributed by atoms with van der Waals surface area (Å²) in [4.78, 5) is 47.1. The molecule has 0 fully saturated rings. The molecule has 4 aromatic rings. The Labute approximate surface area is 225 Å². The molecule has 0 heterocycles. The van der Waals surface area contributed by atoms with E-state index in [1.165, 1.54) is 13.8 Å². The molecule has 0 aromatic heterocycles. The summed E-state index contributed by atoms with van der Waals surface area (Å²) in [5, 5.41) is 5.70. The van der Waals surface area contributed by atoms with Gasteiger partial charge in [0.05, 0.1) is 0 Å². The minimum Gasteiger partial charge on any atom is -0.427 e. The minimum atomic E-state index is -0.420. The standard InChI is InChI=1S/C31H26N2O6/c1-20(34)38-28-15-7-24(8-16-28)30(36)32-26-11-3-22(4-12-26)19-23-5-13-27(14-6-23)33-31(37)25-9-17-29(18-10-25)39-21(2)35/h3-18H,19H2,1-2H3,(H,32,36)(H,33,37). The van der Waals surface area contributed by atoms with Gasteiger partial charge in [0.15, 0.2) is 0 Å². The smallest absolute Gasteiger partial charge is 0.308 e. The molecule has 0 unspecified atom stereocenters. The minimum absolute atomic E-state index is 0.268. The number of carbonyl (C=O) groups is 4. The highest BCUT2D eigenvalue weighted by atomic mass is 16.5. The van der Waals surface area contributed by atoms with Crippen LogP contribution in [0, 0.1) is 0 Å². The van der Waals surface area contributed by atoms with E-state index in [1.54, 1.807) is 48.5 Å². The van der Waals surface area contributed by atoms with E-state index >= 15 is 0 Å². The molecule has 39 heavy (non-hydrogen) atoms. The number of rotatable bonds is 8. The number of amides is 2. The molecular formula is C31H26N2O6. The van der Waals surface area contributed by atoms with Crippen molar-refractivity contribution < 1.29 is 28.7 Å². The lowest BCUT2D eigenvalue weighted by Gasteiger charge is -2.09. The van der Waals surface area contributed by atoms with Crippen LogP contribution in [0.3, 0.4) is 0 Å². The number of esters is 2. The molecule has 196 valence electrons. The van der Waals surface area contributed by atoms with E-state index in [4.69, 9.17) is 9.47 Å². The first kappa shape index (κ1) is 26.8. The van der Waals surface area contributed by atoms with Gasteiger partial charge in [0.25, 0.3) is 11.8 Å². The van der Waals surface area contributed by atoms with Crippen molar-refractivity contribution in [1.82, 2.24) is 0 Å². The first-order valence-electron chi connectivity index (χ1n) is 12.1. The molecule has 8 heteroatoms. The van der Waals surface area contributed by atoms with Crippen molar-refractivity contribution in [3.05, 3.63) is 119 Å². The van der Waals surface area contributed by atoms with E-state index in [0.717, 1.165) is 11.1 Å². The van der Waals surface area contributed by atoms with Gasteiger partial charge >= 0.3 is 11.9 Å². The lowest BCUT2D eigenvalue weighted by molar-refractivity contribution is -0.132. The summed E-state index contributed by atoms with van der Waals surface area (Å²) in [7, 11) is 0. The summed E-state index contributed by atoms with van der Waals surface area (Å²) in [6.07, 6.45) is 0.678. The molecular weight excluding hydrogens is 496 g/mol. The Balaban J connectivity index is 1.29. The second kappa shape index (κ2) is 12.3. The SMILES string of the molecule is CC(=O)Oc1ccc(C(=O)Nc2ccc(Cc3ccc(NC(=O)c4ccc(OC(C)=O)cc4)cc3)cc2)cc1. The fraction of sp³-hybridized carbons (Fsp3) is 0.0968. The second-order valence-corrected chi connectivity index (χ2v) is 8.71. The average molecular weight is 523 g/mol. The number of hydrogen-bond acceptors (Lipinski definition) is 6. The second-order valence-electron chi connectivity index (χ2n) is 8.71. The van der Waals surface area contributed by atoms with Crippen LogP contribution >= 0.6 is 0 Å². The van der Waals surface area contributed by atoms with Crippen LogP contribution in [-0.2, 0) is 16.0 Å². The molecule has 0 spiro atoms. The van der Waals surface area contributed by atoms with E-state index in [9.17, 15) is 19.2 Å². The van der Waals surface area contributed by atoms with Crippen molar-refractivity contribution >= 4 is 35.1 Å². The van der Waals surface area contributed by atoms with E-state index in [-0.39, 0.29) is 11.8 Å². The zero-order valence-corrected chi connectivity index (χ0v) is 21.4. The molecule has 0 aliphatic rings. The topological polar surface area (TPSA) is 111 Å². The predicted octanol–water partition coefficient (Wildman–Crippen LogP) is 5.63. The highest BCUT2D eigenvalue weighted by Gasteiger charge is 2.09. The number of hydrogen-bond donors (Lipinski definition) is 2. The Morgan fingerprint density at radius 1 is 0.513 bits per heavy atom. The number of ether oxygens (including phenoxy) is 2. The highest BCUT2D eigenvalue weighted by molar-refractivity contribution is 6.05. The molecule has 0 saturated carbocycles. The summed E-state index contributed by atoms with van der Waals surface area (Å²) < 4.78 is 9.96.